The Morgan fingerprint density at radius 2 is 2.24 bits per heavy atom. The number of rotatable bonds is 6. The van der Waals surface area contributed by atoms with Gasteiger partial charge in [0, 0.05) is 25.3 Å². The highest BCUT2D eigenvalue weighted by atomic mass is 16.5. The highest BCUT2D eigenvalue weighted by Crippen LogP contribution is 2.06. The summed E-state index contributed by atoms with van der Waals surface area (Å²) >= 11 is 0. The molecule has 1 aromatic heterocycles. The van der Waals surface area contributed by atoms with Crippen molar-refractivity contribution in [1.29, 1.82) is 0 Å². The number of nitrogens with two attached hydrogens (primary N) is 1. The molecule has 5 nitrogen and oxygen atoms in total. The van der Waals surface area contributed by atoms with Crippen LogP contribution >= 0.6 is 0 Å². The van der Waals surface area contributed by atoms with E-state index >= 15 is 0 Å². The topological polar surface area (TPSA) is 60.5 Å². The molecule has 2 N–H and O–H groups in total. The van der Waals surface area contributed by atoms with Gasteiger partial charge in [-0.25, -0.2) is 0 Å². The highest BCUT2D eigenvalue weighted by molar-refractivity contribution is 5.17. The van der Waals surface area contributed by atoms with E-state index in [4.69, 9.17) is 10.5 Å². The first-order valence-electron chi connectivity index (χ1n) is 5.75. The standard InChI is InChI=1S/C12H21N3O2/c1-10(9-13)15-6-4-5-11(12(15)16)17-8-7-14(2)3/h4-6,10H,7-9,13H2,1-3H3. The van der Waals surface area contributed by atoms with E-state index in [0.717, 1.165) is 6.54 Å². The Hall–Kier alpha value is -1.33. The lowest BCUT2D eigenvalue weighted by atomic mass is 10.3. The van der Waals surface area contributed by atoms with Gasteiger partial charge in [-0.3, -0.25) is 4.79 Å². The monoisotopic (exact) mass is 239 g/mol. The third-order valence-corrected chi connectivity index (χ3v) is 2.55. The molecule has 1 unspecified atom stereocenters. The third kappa shape index (κ3) is 3.87. The molecule has 0 saturated heterocycles. The van der Waals surface area contributed by atoms with E-state index in [9.17, 15) is 4.79 Å². The fourth-order valence-corrected chi connectivity index (χ4v) is 1.40. The SMILES string of the molecule is CC(CN)n1cccc(OCCN(C)C)c1=O. The van der Waals surface area contributed by atoms with Crippen molar-refractivity contribution in [3.8, 4) is 5.75 Å². The van der Waals surface area contributed by atoms with Crippen LogP contribution in [0.15, 0.2) is 23.1 Å². The van der Waals surface area contributed by atoms with Crippen LogP contribution in [-0.4, -0.2) is 43.3 Å². The molecule has 1 heterocycles. The molecule has 0 aliphatic carbocycles. The van der Waals surface area contributed by atoms with E-state index in [2.05, 4.69) is 0 Å². The van der Waals surface area contributed by atoms with Gasteiger partial charge in [-0.1, -0.05) is 0 Å². The lowest BCUT2D eigenvalue weighted by molar-refractivity contribution is 0.256. The summed E-state index contributed by atoms with van der Waals surface area (Å²) in [6, 6.07) is 3.48. The molecule has 1 atom stereocenters. The van der Waals surface area contributed by atoms with E-state index in [1.54, 1.807) is 22.9 Å². The van der Waals surface area contributed by atoms with Crippen molar-refractivity contribution in [3.05, 3.63) is 28.7 Å². The number of ether oxygens (including phenoxy) is 1. The molecule has 0 aliphatic heterocycles. The minimum atomic E-state index is -0.121. The first-order chi connectivity index (χ1) is 8.06. The van der Waals surface area contributed by atoms with E-state index < -0.39 is 0 Å². The lowest BCUT2D eigenvalue weighted by Gasteiger charge is -2.15. The second-order valence-electron chi connectivity index (χ2n) is 4.32. The second-order valence-corrected chi connectivity index (χ2v) is 4.32. The van der Waals surface area contributed by atoms with Crippen LogP contribution in [0.25, 0.3) is 0 Å². The smallest absolute Gasteiger partial charge is 0.293 e. The predicted molar refractivity (Wildman–Crippen MR) is 68.5 cm³/mol. The van der Waals surface area contributed by atoms with Gasteiger partial charge in [-0.2, -0.15) is 0 Å². The second kappa shape index (κ2) is 6.42. The highest BCUT2D eigenvalue weighted by Gasteiger charge is 2.08. The van der Waals surface area contributed by atoms with Gasteiger partial charge in [0.15, 0.2) is 5.75 Å². The molecule has 0 amide bonds. The Bertz CT molecular complexity index is 401. The van der Waals surface area contributed by atoms with Crippen LogP contribution in [0.1, 0.15) is 13.0 Å². The fraction of sp³-hybridized carbons (Fsp3) is 0.583. The quantitative estimate of drug-likeness (QED) is 0.776. The summed E-state index contributed by atoms with van der Waals surface area (Å²) in [4.78, 5) is 14.0. The summed E-state index contributed by atoms with van der Waals surface area (Å²) < 4.78 is 7.07. The number of pyridine rings is 1. The van der Waals surface area contributed by atoms with Crippen molar-refractivity contribution in [2.45, 2.75) is 13.0 Å². The van der Waals surface area contributed by atoms with Crippen molar-refractivity contribution in [1.82, 2.24) is 9.47 Å². The summed E-state index contributed by atoms with van der Waals surface area (Å²) in [5.41, 5.74) is 5.43. The first kappa shape index (κ1) is 13.7. The van der Waals surface area contributed by atoms with Gasteiger partial charge in [-0.15, -0.1) is 0 Å². The molecule has 1 aromatic rings. The summed E-state index contributed by atoms with van der Waals surface area (Å²) in [6.45, 7) is 3.62. The summed E-state index contributed by atoms with van der Waals surface area (Å²) in [7, 11) is 3.92. The molecule has 0 aromatic carbocycles. The molecule has 0 radical (unpaired) electrons. The van der Waals surface area contributed by atoms with Gasteiger partial charge >= 0.3 is 0 Å². The molecule has 96 valence electrons. The van der Waals surface area contributed by atoms with Crippen LogP contribution in [0.5, 0.6) is 5.75 Å². The average molecular weight is 239 g/mol. The van der Waals surface area contributed by atoms with E-state index in [0.29, 0.717) is 18.9 Å². The Balaban J connectivity index is 2.77. The van der Waals surface area contributed by atoms with Crippen LogP contribution in [-0.2, 0) is 0 Å². The number of hydrogen-bond donors (Lipinski definition) is 1. The van der Waals surface area contributed by atoms with Crippen LogP contribution in [0.3, 0.4) is 0 Å². The van der Waals surface area contributed by atoms with Crippen molar-refractivity contribution in [3.63, 3.8) is 0 Å². The van der Waals surface area contributed by atoms with Gasteiger partial charge < -0.3 is 19.9 Å². The molecular formula is C12H21N3O2. The third-order valence-electron chi connectivity index (χ3n) is 2.55. The zero-order chi connectivity index (χ0) is 12.8. The van der Waals surface area contributed by atoms with Crippen LogP contribution < -0.4 is 16.0 Å². The average Bonchev–Trinajstić information content (AvgIpc) is 2.30. The maximum Gasteiger partial charge on any atom is 0.293 e. The van der Waals surface area contributed by atoms with E-state index in [1.807, 2.05) is 25.9 Å². The van der Waals surface area contributed by atoms with Crippen molar-refractivity contribution in [2.75, 3.05) is 33.8 Å². The minimum Gasteiger partial charge on any atom is -0.487 e. The van der Waals surface area contributed by atoms with Gasteiger partial charge in [0.2, 0.25) is 0 Å². The number of hydrogen-bond acceptors (Lipinski definition) is 4. The van der Waals surface area contributed by atoms with Crippen LogP contribution in [0, 0.1) is 0 Å². The van der Waals surface area contributed by atoms with Crippen molar-refractivity contribution >= 4 is 0 Å². The number of aromatic nitrogens is 1. The van der Waals surface area contributed by atoms with Crippen molar-refractivity contribution < 1.29 is 4.74 Å². The van der Waals surface area contributed by atoms with E-state index in [1.165, 1.54) is 0 Å². The minimum absolute atomic E-state index is 0.0140. The maximum absolute atomic E-state index is 12.0. The van der Waals surface area contributed by atoms with E-state index in [-0.39, 0.29) is 11.6 Å². The number of nitrogens with zero attached hydrogens (tertiary/aromatic N) is 2. The molecular weight excluding hydrogens is 218 g/mol. The fourth-order valence-electron chi connectivity index (χ4n) is 1.40. The zero-order valence-electron chi connectivity index (χ0n) is 10.7. The molecule has 0 saturated carbocycles. The molecule has 0 bridgehead atoms. The Morgan fingerprint density at radius 1 is 1.53 bits per heavy atom. The zero-order valence-corrected chi connectivity index (χ0v) is 10.7. The molecule has 0 aliphatic rings. The van der Waals surface area contributed by atoms with Gasteiger partial charge in [0.05, 0.1) is 0 Å². The Labute approximate surface area is 102 Å². The number of likely N-dealkylation sites (N-methyl/N-ethyl adjacent to an activating group) is 1. The normalized spacial score (nSPS) is 12.8. The largest absolute Gasteiger partial charge is 0.487 e. The molecule has 0 spiro atoms. The summed E-state index contributed by atoms with van der Waals surface area (Å²) in [5.74, 6) is 0.384. The van der Waals surface area contributed by atoms with Gasteiger partial charge in [0.1, 0.15) is 6.61 Å². The first-order valence-corrected chi connectivity index (χ1v) is 5.75. The van der Waals surface area contributed by atoms with Crippen LogP contribution in [0.2, 0.25) is 0 Å². The lowest BCUT2D eigenvalue weighted by Crippen LogP contribution is -2.29. The Kier molecular flexibility index (Phi) is 5.18. The van der Waals surface area contributed by atoms with Crippen LogP contribution in [0.4, 0.5) is 0 Å². The molecule has 5 heteroatoms. The van der Waals surface area contributed by atoms with Gasteiger partial charge in [0.25, 0.3) is 5.56 Å². The Morgan fingerprint density at radius 3 is 2.82 bits per heavy atom. The summed E-state index contributed by atoms with van der Waals surface area (Å²) in [5, 5.41) is 0. The molecule has 17 heavy (non-hydrogen) atoms. The molecule has 0 fully saturated rings. The molecule has 1 rings (SSSR count). The van der Waals surface area contributed by atoms with Gasteiger partial charge in [-0.05, 0) is 33.2 Å². The summed E-state index contributed by atoms with van der Waals surface area (Å²) in [6.07, 6.45) is 1.73. The van der Waals surface area contributed by atoms with Crippen molar-refractivity contribution in [2.24, 2.45) is 5.73 Å². The predicted octanol–water partition coefficient (Wildman–Crippen LogP) is 0.308. The maximum atomic E-state index is 12.0.